The Labute approximate surface area is 176 Å². The molecule has 0 aromatic rings. The molecule has 0 amide bonds. The smallest absolute Gasteiger partial charge is 0.326 e. The van der Waals surface area contributed by atoms with Gasteiger partial charge in [0.2, 0.25) is 0 Å². The Morgan fingerprint density at radius 2 is 1.13 bits per heavy atom. The normalized spacial score (nSPS) is 18.7. The maximum atomic E-state index is 12.0. The Balaban J connectivity index is 1.45. The summed E-state index contributed by atoms with van der Waals surface area (Å²) in [4.78, 5) is 47.3. The van der Waals surface area contributed by atoms with E-state index >= 15 is 0 Å². The lowest BCUT2D eigenvalue weighted by Gasteiger charge is -2.30. The Kier molecular flexibility index (Phi) is 8.40. The summed E-state index contributed by atoms with van der Waals surface area (Å²) in [5.74, 6) is -1.36. The third kappa shape index (κ3) is 8.92. The minimum Gasteiger partial charge on any atom is -0.463 e. The second-order valence-electron chi connectivity index (χ2n) is 8.11. The number of nitrogens with zero attached hydrogens (tertiary/aromatic N) is 3. The molecule has 0 saturated carbocycles. The van der Waals surface area contributed by atoms with Crippen molar-refractivity contribution in [2.24, 2.45) is 0 Å². The summed E-state index contributed by atoms with van der Waals surface area (Å²) >= 11 is 0. The highest BCUT2D eigenvalue weighted by Gasteiger charge is 2.36. The van der Waals surface area contributed by atoms with Gasteiger partial charge in [-0.1, -0.05) is 0 Å². The van der Waals surface area contributed by atoms with E-state index < -0.39 is 30.1 Å². The summed E-state index contributed by atoms with van der Waals surface area (Å²) in [5.41, 5.74) is 1.08. The number of hydroxylamine groups is 1. The number of hydrogen-bond acceptors (Lipinski definition) is 11. The van der Waals surface area contributed by atoms with Gasteiger partial charge in [0.05, 0.1) is 25.9 Å². The molecule has 3 heterocycles. The molecule has 0 atom stereocenters. The molecule has 3 rings (SSSR count). The fraction of sp³-hybridized carbons (Fsp3) is 0.842. The fourth-order valence-corrected chi connectivity index (χ4v) is 2.65. The minimum absolute atomic E-state index is 0.194. The summed E-state index contributed by atoms with van der Waals surface area (Å²) in [6.07, 6.45) is 0.652. The van der Waals surface area contributed by atoms with Crippen molar-refractivity contribution in [1.82, 2.24) is 20.2 Å². The molecule has 0 unspecified atom stereocenters. The number of esters is 2. The van der Waals surface area contributed by atoms with Crippen LogP contribution in [0.25, 0.3) is 0 Å². The second kappa shape index (κ2) is 11.0. The molecule has 0 bridgehead atoms. The van der Waals surface area contributed by atoms with E-state index in [4.69, 9.17) is 14.3 Å². The van der Waals surface area contributed by atoms with Gasteiger partial charge in [0.1, 0.15) is 18.8 Å². The van der Waals surface area contributed by atoms with Crippen LogP contribution in [-0.2, 0) is 28.7 Å². The van der Waals surface area contributed by atoms with E-state index in [0.717, 1.165) is 39.3 Å². The topological polar surface area (TPSA) is 120 Å². The van der Waals surface area contributed by atoms with Gasteiger partial charge >= 0.3 is 17.9 Å². The van der Waals surface area contributed by atoms with Crippen molar-refractivity contribution in [2.75, 3.05) is 78.7 Å². The van der Waals surface area contributed by atoms with Crippen LogP contribution in [0.2, 0.25) is 0 Å². The standard InChI is InChI=1S/C19H32N4O7/c24-13-19(14-28-16(25)1-4-21-7-8-21,15-29-17(26)2-5-22-9-10-22)20-30-18(27)3-6-23-11-12-23/h20,24H,1-15H2. The van der Waals surface area contributed by atoms with Crippen LogP contribution in [-0.4, -0.2) is 122 Å². The highest BCUT2D eigenvalue weighted by atomic mass is 16.7. The molecule has 3 aliphatic heterocycles. The molecule has 170 valence electrons. The fourth-order valence-electron chi connectivity index (χ4n) is 2.65. The first-order valence-electron chi connectivity index (χ1n) is 10.5. The Bertz CT molecular complexity index is 527. The number of aliphatic hydroxyl groups excluding tert-OH is 1. The summed E-state index contributed by atoms with van der Waals surface area (Å²) in [7, 11) is 0. The molecule has 0 aromatic carbocycles. The van der Waals surface area contributed by atoms with E-state index in [1.54, 1.807) is 0 Å². The van der Waals surface area contributed by atoms with Crippen LogP contribution in [0.5, 0.6) is 0 Å². The number of nitrogens with one attached hydrogen (secondary N) is 1. The molecular weight excluding hydrogens is 396 g/mol. The van der Waals surface area contributed by atoms with Crippen LogP contribution in [0.3, 0.4) is 0 Å². The molecule has 0 spiro atoms. The number of aliphatic hydroxyl groups is 1. The van der Waals surface area contributed by atoms with E-state index in [0.29, 0.717) is 19.6 Å². The van der Waals surface area contributed by atoms with Crippen LogP contribution >= 0.6 is 0 Å². The largest absolute Gasteiger partial charge is 0.463 e. The van der Waals surface area contributed by atoms with Crippen molar-refractivity contribution in [2.45, 2.75) is 24.8 Å². The van der Waals surface area contributed by atoms with E-state index in [1.807, 2.05) is 0 Å². The van der Waals surface area contributed by atoms with Gasteiger partial charge in [-0.25, -0.2) is 0 Å². The third-order valence-electron chi connectivity index (χ3n) is 5.22. The monoisotopic (exact) mass is 428 g/mol. The van der Waals surface area contributed by atoms with Crippen molar-refractivity contribution in [3.05, 3.63) is 0 Å². The molecule has 3 aliphatic rings. The molecule has 30 heavy (non-hydrogen) atoms. The summed E-state index contributed by atoms with van der Waals surface area (Å²) in [6, 6.07) is 0. The van der Waals surface area contributed by atoms with Gasteiger partial charge in [-0.05, 0) is 0 Å². The van der Waals surface area contributed by atoms with Crippen molar-refractivity contribution < 1.29 is 33.8 Å². The van der Waals surface area contributed by atoms with Crippen LogP contribution < -0.4 is 5.48 Å². The Morgan fingerprint density at radius 3 is 1.50 bits per heavy atom. The predicted molar refractivity (Wildman–Crippen MR) is 104 cm³/mol. The molecule has 3 saturated heterocycles. The quantitative estimate of drug-likeness (QED) is 0.123. The summed E-state index contributed by atoms with van der Waals surface area (Å²) in [5, 5.41) is 9.94. The zero-order chi connectivity index (χ0) is 21.4. The van der Waals surface area contributed by atoms with E-state index in [1.165, 1.54) is 0 Å². The zero-order valence-corrected chi connectivity index (χ0v) is 17.3. The lowest BCUT2D eigenvalue weighted by molar-refractivity contribution is -0.170. The summed E-state index contributed by atoms with van der Waals surface area (Å²) < 4.78 is 10.5. The van der Waals surface area contributed by atoms with Gasteiger partial charge < -0.3 is 34.1 Å². The van der Waals surface area contributed by atoms with E-state index in [9.17, 15) is 19.5 Å². The Morgan fingerprint density at radius 1 is 0.733 bits per heavy atom. The molecule has 0 radical (unpaired) electrons. The van der Waals surface area contributed by atoms with Crippen molar-refractivity contribution in [3.63, 3.8) is 0 Å². The number of hydrogen-bond donors (Lipinski definition) is 2. The van der Waals surface area contributed by atoms with Gasteiger partial charge in [-0.3, -0.25) is 14.4 Å². The van der Waals surface area contributed by atoms with Crippen LogP contribution in [0, 0.1) is 0 Å². The van der Waals surface area contributed by atoms with Gasteiger partial charge in [-0.2, -0.15) is 0 Å². The SMILES string of the molecule is O=C(CCN1CC1)OCC(CO)(COC(=O)CCN1CC1)NOC(=O)CCN1CC1. The second-order valence-corrected chi connectivity index (χ2v) is 8.11. The van der Waals surface area contributed by atoms with E-state index in [2.05, 4.69) is 20.2 Å². The molecule has 11 heteroatoms. The van der Waals surface area contributed by atoms with Gasteiger partial charge in [0.15, 0.2) is 0 Å². The van der Waals surface area contributed by atoms with E-state index in [-0.39, 0.29) is 32.5 Å². The van der Waals surface area contributed by atoms with Crippen molar-refractivity contribution >= 4 is 17.9 Å². The average Bonchev–Trinajstić information content (AvgIpc) is 3.58. The predicted octanol–water partition coefficient (Wildman–Crippen LogP) is -2.03. The first kappa shape index (κ1) is 22.9. The molecule has 11 nitrogen and oxygen atoms in total. The lowest BCUT2D eigenvalue weighted by Crippen LogP contribution is -2.57. The number of rotatable bonds is 16. The van der Waals surface area contributed by atoms with Crippen molar-refractivity contribution in [1.29, 1.82) is 0 Å². The maximum Gasteiger partial charge on any atom is 0.326 e. The summed E-state index contributed by atoms with van der Waals surface area (Å²) in [6.45, 7) is 6.59. The number of ether oxygens (including phenoxy) is 2. The maximum absolute atomic E-state index is 12.0. The van der Waals surface area contributed by atoms with Gasteiger partial charge in [-0.15, -0.1) is 5.48 Å². The highest BCUT2D eigenvalue weighted by Crippen LogP contribution is 2.12. The molecule has 0 aromatic heterocycles. The first-order valence-corrected chi connectivity index (χ1v) is 10.5. The average molecular weight is 428 g/mol. The van der Waals surface area contributed by atoms with Crippen LogP contribution in [0.4, 0.5) is 0 Å². The van der Waals surface area contributed by atoms with Crippen LogP contribution in [0.15, 0.2) is 0 Å². The highest BCUT2D eigenvalue weighted by molar-refractivity contribution is 5.70. The first-order chi connectivity index (χ1) is 14.5. The lowest BCUT2D eigenvalue weighted by atomic mass is 10.1. The molecule has 0 aliphatic carbocycles. The third-order valence-corrected chi connectivity index (χ3v) is 5.22. The van der Waals surface area contributed by atoms with Gasteiger partial charge in [0, 0.05) is 58.9 Å². The number of carbonyl (C=O) groups excluding carboxylic acids is 3. The van der Waals surface area contributed by atoms with Crippen molar-refractivity contribution in [3.8, 4) is 0 Å². The minimum atomic E-state index is -1.42. The number of carbonyl (C=O) groups is 3. The molecule has 2 N–H and O–H groups in total. The molecule has 3 fully saturated rings. The Hall–Kier alpha value is -1.79. The van der Waals surface area contributed by atoms with Gasteiger partial charge in [0.25, 0.3) is 0 Å². The van der Waals surface area contributed by atoms with Crippen LogP contribution in [0.1, 0.15) is 19.3 Å². The zero-order valence-electron chi connectivity index (χ0n) is 17.3. The molecular formula is C19H32N4O7.